The van der Waals surface area contributed by atoms with Crippen molar-refractivity contribution in [3.63, 3.8) is 0 Å². The van der Waals surface area contributed by atoms with Gasteiger partial charge in [-0.3, -0.25) is 4.98 Å². The van der Waals surface area contributed by atoms with Crippen LogP contribution >= 0.6 is 11.6 Å². The fourth-order valence-corrected chi connectivity index (χ4v) is 2.46. The summed E-state index contributed by atoms with van der Waals surface area (Å²) in [5, 5.41) is 3.73. The second-order valence-corrected chi connectivity index (χ2v) is 4.95. The summed E-state index contributed by atoms with van der Waals surface area (Å²) in [7, 11) is 0. The number of hydrogen-bond donors (Lipinski definition) is 1. The summed E-state index contributed by atoms with van der Waals surface area (Å²) in [6.45, 7) is 5.25. The first-order valence-corrected chi connectivity index (χ1v) is 7.29. The molecule has 1 aromatic carbocycles. The van der Waals surface area contributed by atoms with Gasteiger partial charge in [-0.15, -0.1) is 0 Å². The van der Waals surface area contributed by atoms with E-state index in [1.165, 1.54) is 12.1 Å². The van der Waals surface area contributed by atoms with E-state index in [4.69, 9.17) is 16.3 Å². The Morgan fingerprint density at radius 3 is 2.76 bits per heavy atom. The van der Waals surface area contributed by atoms with Gasteiger partial charge < -0.3 is 10.1 Å². The fraction of sp³-hybridized carbons (Fsp3) is 0.312. The summed E-state index contributed by atoms with van der Waals surface area (Å²) in [4.78, 5) is 4.20. The highest BCUT2D eigenvalue weighted by Gasteiger charge is 2.17. The second-order valence-electron chi connectivity index (χ2n) is 4.54. The molecule has 0 aliphatic rings. The molecule has 0 bridgehead atoms. The zero-order valence-electron chi connectivity index (χ0n) is 12.1. The molecule has 2 aromatic rings. The Morgan fingerprint density at radius 2 is 2.10 bits per heavy atom. The highest BCUT2D eigenvalue weighted by atomic mass is 35.5. The van der Waals surface area contributed by atoms with Crippen LogP contribution in [-0.2, 0) is 0 Å². The van der Waals surface area contributed by atoms with Gasteiger partial charge in [0.1, 0.15) is 11.6 Å². The molecule has 1 atom stereocenters. The summed E-state index contributed by atoms with van der Waals surface area (Å²) in [5.41, 5.74) is 1.74. The topological polar surface area (TPSA) is 34.2 Å². The van der Waals surface area contributed by atoms with Gasteiger partial charge in [-0.2, -0.15) is 0 Å². The normalized spacial score (nSPS) is 12.2. The maximum absolute atomic E-state index is 13.2. The van der Waals surface area contributed by atoms with Crippen LogP contribution in [0.2, 0.25) is 5.02 Å². The van der Waals surface area contributed by atoms with Crippen molar-refractivity contribution in [2.75, 3.05) is 13.2 Å². The number of nitrogens with zero attached hydrogens (tertiary/aromatic N) is 1. The van der Waals surface area contributed by atoms with Crippen LogP contribution in [0.1, 0.15) is 31.0 Å². The van der Waals surface area contributed by atoms with Gasteiger partial charge >= 0.3 is 0 Å². The van der Waals surface area contributed by atoms with Crippen molar-refractivity contribution in [2.45, 2.75) is 19.9 Å². The van der Waals surface area contributed by atoms with Crippen LogP contribution in [-0.4, -0.2) is 18.1 Å². The summed E-state index contributed by atoms with van der Waals surface area (Å²) < 4.78 is 18.7. The summed E-state index contributed by atoms with van der Waals surface area (Å²) >= 11 is 6.18. The van der Waals surface area contributed by atoms with E-state index in [-0.39, 0.29) is 11.9 Å². The molecule has 0 radical (unpaired) electrons. The van der Waals surface area contributed by atoms with E-state index >= 15 is 0 Å². The molecule has 0 saturated carbocycles. The monoisotopic (exact) mass is 308 g/mol. The summed E-state index contributed by atoms with van der Waals surface area (Å²) in [5.74, 6) is 0.358. The number of rotatable bonds is 6. The Bertz CT molecular complexity index is 607. The Balaban J connectivity index is 2.40. The summed E-state index contributed by atoms with van der Waals surface area (Å²) in [6, 6.07) is 6.19. The quantitative estimate of drug-likeness (QED) is 0.876. The number of ether oxygens (including phenoxy) is 1. The Morgan fingerprint density at radius 1 is 1.29 bits per heavy atom. The van der Waals surface area contributed by atoms with Gasteiger partial charge in [0.2, 0.25) is 0 Å². The Labute approximate surface area is 129 Å². The number of hydrogen-bond acceptors (Lipinski definition) is 3. The molecule has 0 fully saturated rings. The van der Waals surface area contributed by atoms with Crippen molar-refractivity contribution in [2.24, 2.45) is 0 Å². The lowest BCUT2D eigenvalue weighted by atomic mass is 10.00. The van der Waals surface area contributed by atoms with E-state index in [0.29, 0.717) is 17.4 Å². The molecule has 1 N–H and O–H groups in total. The minimum Gasteiger partial charge on any atom is -0.492 e. The molecule has 3 nitrogen and oxygen atoms in total. The van der Waals surface area contributed by atoms with Crippen molar-refractivity contribution < 1.29 is 9.13 Å². The van der Waals surface area contributed by atoms with Gasteiger partial charge in [0, 0.05) is 11.2 Å². The molecule has 0 aliphatic heterocycles. The van der Waals surface area contributed by atoms with Crippen molar-refractivity contribution in [3.8, 4) is 5.75 Å². The van der Waals surface area contributed by atoms with Crippen LogP contribution in [0.5, 0.6) is 5.75 Å². The average Bonchev–Trinajstić information content (AvgIpc) is 2.46. The number of pyridine rings is 1. The average molecular weight is 309 g/mol. The van der Waals surface area contributed by atoms with Crippen molar-refractivity contribution in [1.82, 2.24) is 10.3 Å². The molecule has 0 amide bonds. The predicted octanol–water partition coefficient (Wildman–Crippen LogP) is 3.97. The van der Waals surface area contributed by atoms with Gasteiger partial charge in [0.15, 0.2) is 0 Å². The van der Waals surface area contributed by atoms with Gasteiger partial charge in [-0.25, -0.2) is 4.39 Å². The standard InChI is InChI=1S/C16H18ClFN2O/c1-3-20-16(14-6-5-12(18)8-15(14)17)11-7-13(21-4-2)10-19-9-11/h5-10,16,20H,3-4H2,1-2H3. The van der Waals surface area contributed by atoms with E-state index in [2.05, 4.69) is 10.3 Å². The maximum Gasteiger partial charge on any atom is 0.137 e. The van der Waals surface area contributed by atoms with E-state index < -0.39 is 0 Å². The third-order valence-electron chi connectivity index (χ3n) is 3.06. The second kappa shape index (κ2) is 7.38. The lowest BCUT2D eigenvalue weighted by Gasteiger charge is -2.20. The minimum absolute atomic E-state index is 0.156. The molecule has 5 heteroatoms. The van der Waals surface area contributed by atoms with Gasteiger partial charge in [-0.1, -0.05) is 24.6 Å². The first-order valence-electron chi connectivity index (χ1n) is 6.91. The number of aromatic nitrogens is 1. The Kier molecular flexibility index (Phi) is 5.53. The molecule has 112 valence electrons. The van der Waals surface area contributed by atoms with E-state index in [1.807, 2.05) is 19.9 Å². The molecule has 1 heterocycles. The van der Waals surface area contributed by atoms with Crippen molar-refractivity contribution in [3.05, 3.63) is 58.6 Å². The van der Waals surface area contributed by atoms with Crippen molar-refractivity contribution >= 4 is 11.6 Å². The molecule has 2 rings (SSSR count). The third-order valence-corrected chi connectivity index (χ3v) is 3.39. The van der Waals surface area contributed by atoms with Crippen LogP contribution in [0.15, 0.2) is 36.7 Å². The Hall–Kier alpha value is -1.65. The van der Waals surface area contributed by atoms with Crippen LogP contribution in [0, 0.1) is 5.82 Å². The fourth-order valence-electron chi connectivity index (χ4n) is 2.19. The molecular formula is C16H18ClFN2O. The molecule has 21 heavy (non-hydrogen) atoms. The van der Waals surface area contributed by atoms with E-state index in [0.717, 1.165) is 17.7 Å². The highest BCUT2D eigenvalue weighted by molar-refractivity contribution is 6.31. The molecule has 1 unspecified atom stereocenters. The van der Waals surface area contributed by atoms with Gasteiger partial charge in [0.25, 0.3) is 0 Å². The van der Waals surface area contributed by atoms with Gasteiger partial charge in [0.05, 0.1) is 18.8 Å². The highest BCUT2D eigenvalue weighted by Crippen LogP contribution is 2.30. The first kappa shape index (κ1) is 15.7. The van der Waals surface area contributed by atoms with Crippen LogP contribution in [0.3, 0.4) is 0 Å². The largest absolute Gasteiger partial charge is 0.492 e. The lowest BCUT2D eigenvalue weighted by Crippen LogP contribution is -2.22. The van der Waals surface area contributed by atoms with Crippen LogP contribution in [0.25, 0.3) is 0 Å². The summed E-state index contributed by atoms with van der Waals surface area (Å²) in [6.07, 6.45) is 3.43. The van der Waals surface area contributed by atoms with E-state index in [9.17, 15) is 4.39 Å². The first-order chi connectivity index (χ1) is 10.2. The van der Waals surface area contributed by atoms with Gasteiger partial charge in [-0.05, 0) is 42.8 Å². The maximum atomic E-state index is 13.2. The smallest absolute Gasteiger partial charge is 0.137 e. The third kappa shape index (κ3) is 3.93. The molecule has 0 saturated heterocycles. The minimum atomic E-state index is -0.347. The van der Waals surface area contributed by atoms with Crippen LogP contribution in [0.4, 0.5) is 4.39 Å². The van der Waals surface area contributed by atoms with Crippen LogP contribution < -0.4 is 10.1 Å². The van der Waals surface area contributed by atoms with Crippen molar-refractivity contribution in [1.29, 1.82) is 0 Å². The number of halogens is 2. The molecule has 0 aliphatic carbocycles. The SMILES string of the molecule is CCNC(c1cncc(OCC)c1)c1ccc(F)cc1Cl. The number of benzene rings is 1. The predicted molar refractivity (Wildman–Crippen MR) is 82.3 cm³/mol. The zero-order valence-corrected chi connectivity index (χ0v) is 12.8. The number of nitrogens with one attached hydrogen (secondary N) is 1. The lowest BCUT2D eigenvalue weighted by molar-refractivity contribution is 0.338. The molecule has 0 spiro atoms. The zero-order chi connectivity index (χ0) is 15.2. The molecule has 1 aromatic heterocycles. The van der Waals surface area contributed by atoms with E-state index in [1.54, 1.807) is 18.5 Å². The molecular weight excluding hydrogens is 291 g/mol.